The van der Waals surface area contributed by atoms with Gasteiger partial charge in [-0.05, 0) is 49.4 Å². The van der Waals surface area contributed by atoms with Crippen molar-refractivity contribution in [3.05, 3.63) is 102 Å². The normalized spacial score (nSPS) is 10.6. The number of esters is 1. The molecule has 0 spiro atoms. The maximum Gasteiger partial charge on any atom is 0.364 e. The molecule has 1 aromatic heterocycles. The standard InChI is InChI=1S/C23H17FN2O2/c1-16-7-9-17(10-8-16)22-15-21(23(27)28-20-5-3-2-4-6-20)25-26(22)19-13-11-18(24)12-14-19/h2-15H,1H3. The molecule has 1 heterocycles. The predicted molar refractivity (Wildman–Crippen MR) is 105 cm³/mol. The molecule has 0 unspecified atom stereocenters. The van der Waals surface area contributed by atoms with E-state index in [1.165, 1.54) is 12.1 Å². The zero-order valence-corrected chi connectivity index (χ0v) is 15.2. The number of hydrogen-bond donors (Lipinski definition) is 0. The number of nitrogens with zero attached hydrogens (tertiary/aromatic N) is 2. The molecular weight excluding hydrogens is 355 g/mol. The Morgan fingerprint density at radius 1 is 0.929 bits per heavy atom. The summed E-state index contributed by atoms with van der Waals surface area (Å²) < 4.78 is 20.4. The number of aromatic nitrogens is 2. The molecule has 0 aliphatic carbocycles. The average Bonchev–Trinajstić information content (AvgIpc) is 3.15. The highest BCUT2D eigenvalue weighted by molar-refractivity contribution is 5.90. The van der Waals surface area contributed by atoms with Crippen LogP contribution in [-0.4, -0.2) is 15.7 Å². The number of halogens is 1. The highest BCUT2D eigenvalue weighted by Gasteiger charge is 2.18. The monoisotopic (exact) mass is 372 g/mol. The minimum absolute atomic E-state index is 0.170. The second-order valence-electron chi connectivity index (χ2n) is 6.37. The van der Waals surface area contributed by atoms with Gasteiger partial charge in [0.05, 0.1) is 11.4 Å². The van der Waals surface area contributed by atoms with Crippen molar-refractivity contribution in [1.29, 1.82) is 0 Å². The van der Waals surface area contributed by atoms with Crippen LogP contribution in [0.15, 0.2) is 84.9 Å². The SMILES string of the molecule is Cc1ccc(-c2cc(C(=O)Oc3ccccc3)nn2-c2ccc(F)cc2)cc1. The summed E-state index contributed by atoms with van der Waals surface area (Å²) in [5.41, 5.74) is 3.55. The van der Waals surface area contributed by atoms with E-state index in [0.29, 0.717) is 17.1 Å². The third-order valence-corrected chi connectivity index (χ3v) is 4.29. The lowest BCUT2D eigenvalue weighted by atomic mass is 10.1. The Kier molecular flexibility index (Phi) is 4.72. The van der Waals surface area contributed by atoms with Gasteiger partial charge < -0.3 is 4.74 Å². The van der Waals surface area contributed by atoms with Gasteiger partial charge in [0, 0.05) is 5.56 Å². The summed E-state index contributed by atoms with van der Waals surface area (Å²) in [6.45, 7) is 2.00. The molecule has 3 aromatic carbocycles. The molecule has 0 fully saturated rings. The second-order valence-corrected chi connectivity index (χ2v) is 6.37. The molecule has 0 N–H and O–H groups in total. The Hall–Kier alpha value is -3.73. The Morgan fingerprint density at radius 2 is 1.61 bits per heavy atom. The van der Waals surface area contributed by atoms with Crippen molar-refractivity contribution in [3.63, 3.8) is 0 Å². The van der Waals surface area contributed by atoms with Crippen LogP contribution >= 0.6 is 0 Å². The highest BCUT2D eigenvalue weighted by Crippen LogP contribution is 2.25. The van der Waals surface area contributed by atoms with Gasteiger partial charge in [-0.25, -0.2) is 13.9 Å². The van der Waals surface area contributed by atoms with E-state index in [1.807, 2.05) is 37.3 Å². The van der Waals surface area contributed by atoms with Crippen molar-refractivity contribution in [3.8, 4) is 22.7 Å². The smallest absolute Gasteiger partial charge is 0.364 e. The zero-order chi connectivity index (χ0) is 19.5. The van der Waals surface area contributed by atoms with Gasteiger partial charge in [-0.2, -0.15) is 5.10 Å². The van der Waals surface area contributed by atoms with E-state index in [1.54, 1.807) is 47.1 Å². The van der Waals surface area contributed by atoms with E-state index < -0.39 is 5.97 Å². The molecule has 0 bridgehead atoms. The van der Waals surface area contributed by atoms with Crippen molar-refractivity contribution >= 4 is 5.97 Å². The molecule has 0 aliphatic rings. The lowest BCUT2D eigenvalue weighted by Gasteiger charge is -2.08. The third-order valence-electron chi connectivity index (χ3n) is 4.29. The first-order valence-electron chi connectivity index (χ1n) is 8.80. The minimum atomic E-state index is -0.555. The van der Waals surface area contributed by atoms with Gasteiger partial charge in [0.25, 0.3) is 0 Å². The summed E-state index contributed by atoms with van der Waals surface area (Å²) in [5.74, 6) is -0.447. The summed E-state index contributed by atoms with van der Waals surface area (Å²) in [7, 11) is 0. The number of hydrogen-bond acceptors (Lipinski definition) is 3. The molecule has 0 saturated carbocycles. The zero-order valence-electron chi connectivity index (χ0n) is 15.2. The first-order valence-corrected chi connectivity index (χ1v) is 8.80. The van der Waals surface area contributed by atoms with E-state index >= 15 is 0 Å². The van der Waals surface area contributed by atoms with Crippen LogP contribution in [0.2, 0.25) is 0 Å². The summed E-state index contributed by atoms with van der Waals surface area (Å²) in [4.78, 5) is 12.6. The predicted octanol–water partition coefficient (Wildman–Crippen LogP) is 5.21. The van der Waals surface area contributed by atoms with Gasteiger partial charge in [0.2, 0.25) is 0 Å². The quantitative estimate of drug-likeness (QED) is 0.365. The molecule has 5 heteroatoms. The largest absolute Gasteiger partial charge is 0.422 e. The third kappa shape index (κ3) is 3.69. The van der Waals surface area contributed by atoms with Crippen molar-refractivity contribution in [1.82, 2.24) is 9.78 Å². The van der Waals surface area contributed by atoms with Gasteiger partial charge >= 0.3 is 5.97 Å². The van der Waals surface area contributed by atoms with Crippen LogP contribution in [0.4, 0.5) is 4.39 Å². The van der Waals surface area contributed by atoms with E-state index in [0.717, 1.165) is 11.1 Å². The molecule has 0 amide bonds. The van der Waals surface area contributed by atoms with E-state index in [9.17, 15) is 9.18 Å². The summed E-state index contributed by atoms with van der Waals surface area (Å²) >= 11 is 0. The first kappa shape index (κ1) is 17.7. The lowest BCUT2D eigenvalue weighted by Crippen LogP contribution is -2.10. The summed E-state index contributed by atoms with van der Waals surface area (Å²) in [6.07, 6.45) is 0. The van der Waals surface area contributed by atoms with Gasteiger partial charge in [-0.1, -0.05) is 48.0 Å². The van der Waals surface area contributed by atoms with E-state index in [2.05, 4.69) is 5.10 Å². The van der Waals surface area contributed by atoms with Crippen LogP contribution in [0.3, 0.4) is 0 Å². The lowest BCUT2D eigenvalue weighted by molar-refractivity contribution is 0.0728. The highest BCUT2D eigenvalue weighted by atomic mass is 19.1. The molecule has 138 valence electrons. The topological polar surface area (TPSA) is 44.1 Å². The van der Waals surface area contributed by atoms with Gasteiger partial charge in [-0.3, -0.25) is 0 Å². The Labute approximate surface area is 161 Å². The molecule has 4 nitrogen and oxygen atoms in total. The maximum atomic E-state index is 13.3. The van der Waals surface area contributed by atoms with Crippen LogP contribution in [0, 0.1) is 12.7 Å². The van der Waals surface area contributed by atoms with Crippen LogP contribution in [0.1, 0.15) is 16.1 Å². The van der Waals surface area contributed by atoms with Crippen molar-refractivity contribution in [2.45, 2.75) is 6.92 Å². The number of aryl methyl sites for hydroxylation is 1. The molecule has 0 atom stereocenters. The fraction of sp³-hybridized carbons (Fsp3) is 0.0435. The van der Waals surface area contributed by atoms with Crippen LogP contribution < -0.4 is 4.74 Å². The average molecular weight is 372 g/mol. The number of carbonyl (C=O) groups is 1. The number of benzene rings is 3. The van der Waals surface area contributed by atoms with Crippen LogP contribution in [0.5, 0.6) is 5.75 Å². The molecular formula is C23H17FN2O2. The minimum Gasteiger partial charge on any atom is -0.422 e. The van der Waals surface area contributed by atoms with Crippen molar-refractivity contribution in [2.24, 2.45) is 0 Å². The molecule has 0 radical (unpaired) electrons. The fourth-order valence-corrected chi connectivity index (χ4v) is 2.84. The molecule has 0 aliphatic heterocycles. The van der Waals surface area contributed by atoms with Crippen LogP contribution in [0.25, 0.3) is 16.9 Å². The molecule has 28 heavy (non-hydrogen) atoms. The number of para-hydroxylation sites is 1. The summed E-state index contributed by atoms with van der Waals surface area (Å²) in [5, 5.41) is 4.42. The molecule has 4 rings (SSSR count). The fourth-order valence-electron chi connectivity index (χ4n) is 2.84. The number of ether oxygens (including phenoxy) is 1. The van der Waals surface area contributed by atoms with E-state index in [4.69, 9.17) is 4.74 Å². The Morgan fingerprint density at radius 3 is 2.29 bits per heavy atom. The summed E-state index contributed by atoms with van der Waals surface area (Å²) in [6, 6.07) is 24.3. The van der Waals surface area contributed by atoms with E-state index in [-0.39, 0.29) is 11.5 Å². The molecule has 0 saturated heterocycles. The van der Waals surface area contributed by atoms with Crippen molar-refractivity contribution in [2.75, 3.05) is 0 Å². The number of rotatable bonds is 4. The first-order chi connectivity index (χ1) is 13.6. The Bertz CT molecular complexity index is 1040. The van der Waals surface area contributed by atoms with Gasteiger partial charge in [0.15, 0.2) is 5.69 Å². The maximum absolute atomic E-state index is 13.3. The number of carbonyl (C=O) groups excluding carboxylic acids is 1. The van der Waals surface area contributed by atoms with Gasteiger partial charge in [0.1, 0.15) is 11.6 Å². The molecule has 4 aromatic rings. The van der Waals surface area contributed by atoms with Crippen LogP contribution in [-0.2, 0) is 0 Å². The second kappa shape index (κ2) is 7.48. The van der Waals surface area contributed by atoms with Gasteiger partial charge in [-0.15, -0.1) is 0 Å². The Balaban J connectivity index is 1.76. The van der Waals surface area contributed by atoms with Crippen molar-refractivity contribution < 1.29 is 13.9 Å².